The van der Waals surface area contributed by atoms with E-state index in [1.807, 2.05) is 34.8 Å². The molecule has 2 amide bonds. The van der Waals surface area contributed by atoms with Gasteiger partial charge in [0.25, 0.3) is 5.91 Å². The average molecular weight is 403 g/mol. The predicted molar refractivity (Wildman–Crippen MR) is 112 cm³/mol. The van der Waals surface area contributed by atoms with Crippen LogP contribution in [0.15, 0.2) is 17.6 Å². The van der Waals surface area contributed by atoms with E-state index in [4.69, 9.17) is 0 Å². The smallest absolute Gasteiger partial charge is 0.255 e. The zero-order chi connectivity index (χ0) is 20.1. The molecule has 0 unspecified atom stereocenters. The molecule has 3 heterocycles. The number of piperidine rings is 1. The zero-order valence-electron chi connectivity index (χ0n) is 17.0. The van der Waals surface area contributed by atoms with Gasteiger partial charge in [-0.3, -0.25) is 14.2 Å². The lowest BCUT2D eigenvalue weighted by Crippen LogP contribution is -2.43. The van der Waals surface area contributed by atoms with Crippen LogP contribution in [0, 0.1) is 19.8 Å². The van der Waals surface area contributed by atoms with E-state index in [0.717, 1.165) is 60.7 Å². The Hall–Kier alpha value is -2.15. The molecule has 3 rings (SSSR count). The van der Waals surface area contributed by atoms with E-state index < -0.39 is 0 Å². The fourth-order valence-corrected chi connectivity index (χ4v) is 4.60. The molecule has 1 N–H and O–H groups in total. The summed E-state index contributed by atoms with van der Waals surface area (Å²) in [5.74, 6) is 0.219. The molecule has 2 aromatic heterocycles. The molecule has 1 saturated heterocycles. The van der Waals surface area contributed by atoms with Gasteiger partial charge in [-0.15, -0.1) is 11.3 Å². The molecule has 1 aliphatic heterocycles. The number of likely N-dealkylation sites (tertiary alicyclic amines) is 1. The van der Waals surface area contributed by atoms with Crippen molar-refractivity contribution in [1.29, 1.82) is 0 Å². The number of amides is 2. The lowest BCUT2D eigenvalue weighted by atomic mass is 9.95. The van der Waals surface area contributed by atoms with Crippen molar-refractivity contribution >= 4 is 23.2 Å². The maximum atomic E-state index is 13.1. The molecule has 0 aliphatic carbocycles. The third kappa shape index (κ3) is 4.46. The van der Waals surface area contributed by atoms with Gasteiger partial charge < -0.3 is 10.2 Å². The van der Waals surface area contributed by atoms with Crippen molar-refractivity contribution in [3.8, 4) is 5.13 Å². The van der Waals surface area contributed by atoms with Gasteiger partial charge in [0.05, 0.1) is 5.56 Å². The minimum absolute atomic E-state index is 0.0217. The molecule has 0 radical (unpaired) electrons. The number of nitrogens with one attached hydrogen (secondary N) is 1. The number of carbonyl (C=O) groups is 2. The van der Waals surface area contributed by atoms with Crippen LogP contribution in [0.4, 0.5) is 0 Å². The second-order valence-electron chi connectivity index (χ2n) is 7.50. The molecule has 152 valence electrons. The summed E-state index contributed by atoms with van der Waals surface area (Å²) in [6, 6.07) is 1.95. The van der Waals surface area contributed by atoms with Gasteiger partial charge in [0.2, 0.25) is 5.91 Å². The Kier molecular flexibility index (Phi) is 6.88. The van der Waals surface area contributed by atoms with E-state index in [-0.39, 0.29) is 17.7 Å². The van der Waals surface area contributed by atoms with Crippen molar-refractivity contribution in [3.05, 3.63) is 34.6 Å². The molecular weight excluding hydrogens is 372 g/mol. The number of hydrogen-bond donors (Lipinski definition) is 1. The number of nitrogens with zero attached hydrogens (tertiary/aromatic N) is 3. The minimum Gasteiger partial charge on any atom is -0.356 e. The number of rotatable bonds is 7. The van der Waals surface area contributed by atoms with Crippen molar-refractivity contribution in [1.82, 2.24) is 19.8 Å². The van der Waals surface area contributed by atoms with E-state index in [1.165, 1.54) is 0 Å². The summed E-state index contributed by atoms with van der Waals surface area (Å²) in [5, 5.41) is 5.87. The summed E-state index contributed by atoms with van der Waals surface area (Å²) < 4.78 is 2.04. The Morgan fingerprint density at radius 3 is 2.64 bits per heavy atom. The van der Waals surface area contributed by atoms with Crippen LogP contribution in [0.2, 0.25) is 0 Å². The monoisotopic (exact) mass is 402 g/mol. The Morgan fingerprint density at radius 2 is 2.00 bits per heavy atom. The molecule has 0 saturated carbocycles. The SMILES string of the molecule is CCCCCNC(=O)C1CCN(C(=O)c2cc(C)n(-c3nccs3)c2C)CC1. The Morgan fingerprint density at radius 1 is 1.25 bits per heavy atom. The van der Waals surface area contributed by atoms with Crippen LogP contribution in [0.25, 0.3) is 5.13 Å². The first-order valence-electron chi connectivity index (χ1n) is 10.2. The van der Waals surface area contributed by atoms with Crippen LogP contribution in [0.1, 0.15) is 60.8 Å². The minimum atomic E-state index is 0.0217. The van der Waals surface area contributed by atoms with E-state index >= 15 is 0 Å². The largest absolute Gasteiger partial charge is 0.356 e. The molecule has 1 aliphatic rings. The summed E-state index contributed by atoms with van der Waals surface area (Å²) >= 11 is 1.56. The van der Waals surface area contributed by atoms with Gasteiger partial charge in [0, 0.05) is 48.5 Å². The topological polar surface area (TPSA) is 67.2 Å². The highest BCUT2D eigenvalue weighted by atomic mass is 32.1. The maximum Gasteiger partial charge on any atom is 0.255 e. The molecule has 0 bridgehead atoms. The van der Waals surface area contributed by atoms with Crippen LogP contribution < -0.4 is 5.32 Å². The van der Waals surface area contributed by atoms with E-state index in [2.05, 4.69) is 17.2 Å². The van der Waals surface area contributed by atoms with Crippen molar-refractivity contribution in [2.75, 3.05) is 19.6 Å². The fourth-order valence-electron chi connectivity index (χ4n) is 3.85. The van der Waals surface area contributed by atoms with Gasteiger partial charge in [-0.1, -0.05) is 19.8 Å². The standard InChI is InChI=1S/C21H30N4O2S/c1-4-5-6-9-22-19(26)17-7-11-24(12-8-17)20(27)18-14-15(2)25(16(18)3)21-23-10-13-28-21/h10,13-14,17H,4-9,11-12H2,1-3H3,(H,22,26). The van der Waals surface area contributed by atoms with Gasteiger partial charge in [-0.2, -0.15) is 0 Å². The summed E-state index contributed by atoms with van der Waals surface area (Å²) in [5.41, 5.74) is 2.67. The first-order chi connectivity index (χ1) is 13.5. The van der Waals surface area contributed by atoms with Crippen LogP contribution in [-0.2, 0) is 4.79 Å². The van der Waals surface area contributed by atoms with Gasteiger partial charge in [0.15, 0.2) is 5.13 Å². The van der Waals surface area contributed by atoms with Crippen molar-refractivity contribution in [2.45, 2.75) is 52.9 Å². The van der Waals surface area contributed by atoms with Crippen molar-refractivity contribution < 1.29 is 9.59 Å². The maximum absolute atomic E-state index is 13.1. The van der Waals surface area contributed by atoms with Crippen molar-refractivity contribution in [3.63, 3.8) is 0 Å². The summed E-state index contributed by atoms with van der Waals surface area (Å²) in [6.07, 6.45) is 6.58. The van der Waals surface area contributed by atoms with Gasteiger partial charge >= 0.3 is 0 Å². The van der Waals surface area contributed by atoms with Crippen LogP contribution >= 0.6 is 11.3 Å². The molecule has 7 heteroatoms. The summed E-state index contributed by atoms with van der Waals surface area (Å²) in [6.45, 7) is 8.15. The Balaban J connectivity index is 1.59. The first kappa shape index (κ1) is 20.6. The molecule has 0 atom stereocenters. The number of hydrogen-bond acceptors (Lipinski definition) is 4. The van der Waals surface area contributed by atoms with Crippen LogP contribution in [0.3, 0.4) is 0 Å². The number of carbonyl (C=O) groups excluding carboxylic acids is 2. The third-order valence-corrected chi connectivity index (χ3v) is 6.26. The van der Waals surface area contributed by atoms with Gasteiger partial charge in [0.1, 0.15) is 0 Å². The highest BCUT2D eigenvalue weighted by molar-refractivity contribution is 7.12. The quantitative estimate of drug-likeness (QED) is 0.718. The molecule has 6 nitrogen and oxygen atoms in total. The average Bonchev–Trinajstić information content (AvgIpc) is 3.32. The second kappa shape index (κ2) is 9.37. The second-order valence-corrected chi connectivity index (χ2v) is 8.37. The summed E-state index contributed by atoms with van der Waals surface area (Å²) in [7, 11) is 0. The van der Waals surface area contributed by atoms with Crippen LogP contribution in [-0.4, -0.2) is 45.9 Å². The molecule has 0 spiro atoms. The van der Waals surface area contributed by atoms with Gasteiger partial charge in [-0.05, 0) is 39.2 Å². The molecule has 1 fully saturated rings. The van der Waals surface area contributed by atoms with Crippen LogP contribution in [0.5, 0.6) is 0 Å². The number of unbranched alkanes of at least 4 members (excludes halogenated alkanes) is 2. The first-order valence-corrected chi connectivity index (χ1v) is 11.1. The number of thiazole rings is 1. The Labute approximate surface area is 171 Å². The molecule has 28 heavy (non-hydrogen) atoms. The highest BCUT2D eigenvalue weighted by Crippen LogP contribution is 2.25. The molecule has 0 aromatic carbocycles. The summed E-state index contributed by atoms with van der Waals surface area (Å²) in [4.78, 5) is 31.6. The van der Waals surface area contributed by atoms with Crippen molar-refractivity contribution in [2.24, 2.45) is 5.92 Å². The fraction of sp³-hybridized carbons (Fsp3) is 0.571. The molecule has 2 aromatic rings. The van der Waals surface area contributed by atoms with E-state index in [0.29, 0.717) is 13.1 Å². The highest BCUT2D eigenvalue weighted by Gasteiger charge is 2.29. The zero-order valence-corrected chi connectivity index (χ0v) is 17.8. The third-order valence-electron chi connectivity index (χ3n) is 5.50. The van der Waals surface area contributed by atoms with E-state index in [1.54, 1.807) is 17.5 Å². The van der Waals surface area contributed by atoms with Gasteiger partial charge in [-0.25, -0.2) is 4.98 Å². The predicted octanol–water partition coefficient (Wildman–Crippen LogP) is 3.71. The number of aryl methyl sites for hydroxylation is 1. The number of aromatic nitrogens is 2. The normalized spacial score (nSPS) is 15.0. The molecular formula is C21H30N4O2S. The lowest BCUT2D eigenvalue weighted by Gasteiger charge is -2.31. The van der Waals surface area contributed by atoms with E-state index in [9.17, 15) is 9.59 Å². The Bertz CT molecular complexity index is 805. The lowest BCUT2D eigenvalue weighted by molar-refractivity contribution is -0.126.